The lowest BCUT2D eigenvalue weighted by molar-refractivity contribution is -0.189. The number of ether oxygens (including phenoxy) is 1. The van der Waals surface area contributed by atoms with E-state index in [2.05, 4.69) is 29.7 Å². The molecule has 1 aliphatic heterocycles. The van der Waals surface area contributed by atoms with Gasteiger partial charge in [-0.05, 0) is 50.7 Å². The second kappa shape index (κ2) is 7.50. The number of nitrogens with zero attached hydrogens (tertiary/aromatic N) is 6. The maximum absolute atomic E-state index is 12.9. The molecule has 166 valence electrons. The Hall–Kier alpha value is -2.63. The van der Waals surface area contributed by atoms with Crippen LogP contribution in [0.3, 0.4) is 0 Å². The van der Waals surface area contributed by atoms with Crippen LogP contribution in [0.5, 0.6) is 5.75 Å². The standard InChI is InChI=1S/C19H22F3N7OS/c1-10(19(20,21)22)30-14-4-3-7-29-16(14)25-17(26-29)24-15-12-5-6-13(15)9-28(8-12)18-23-11(2)27-31-18/h3-4,7,10,12-13,15H,5-6,8-9H2,1-2H3,(H,24,26)/t10-,12-,13+,15?/m1/s1. The third-order valence-electron chi connectivity index (χ3n) is 6.01. The van der Waals surface area contributed by atoms with Crippen LogP contribution in [-0.4, -0.2) is 55.4 Å². The van der Waals surface area contributed by atoms with Crippen molar-refractivity contribution in [3.63, 3.8) is 0 Å². The molecule has 2 fully saturated rings. The molecular weight excluding hydrogens is 431 g/mol. The molecule has 2 aliphatic rings. The van der Waals surface area contributed by atoms with Crippen molar-refractivity contribution >= 4 is 28.3 Å². The Morgan fingerprint density at radius 2 is 1.97 bits per heavy atom. The molecule has 1 saturated heterocycles. The second-order valence-corrected chi connectivity index (χ2v) is 8.90. The number of halogens is 3. The van der Waals surface area contributed by atoms with Gasteiger partial charge >= 0.3 is 6.18 Å². The second-order valence-electron chi connectivity index (χ2n) is 8.17. The van der Waals surface area contributed by atoms with E-state index < -0.39 is 12.3 Å². The molecule has 1 aliphatic carbocycles. The molecular formula is C19H22F3N7OS. The highest BCUT2D eigenvalue weighted by Crippen LogP contribution is 2.40. The Kier molecular flexibility index (Phi) is 4.91. The van der Waals surface area contributed by atoms with Crippen LogP contribution in [0.1, 0.15) is 25.6 Å². The van der Waals surface area contributed by atoms with Crippen LogP contribution >= 0.6 is 11.5 Å². The van der Waals surface area contributed by atoms with Crippen molar-refractivity contribution in [2.45, 2.75) is 45.0 Å². The van der Waals surface area contributed by atoms with Gasteiger partial charge in [0.1, 0.15) is 5.82 Å². The molecule has 0 spiro atoms. The largest absolute Gasteiger partial charge is 0.477 e. The van der Waals surface area contributed by atoms with Crippen molar-refractivity contribution in [2.24, 2.45) is 11.8 Å². The average Bonchev–Trinajstić information content (AvgIpc) is 3.38. The van der Waals surface area contributed by atoms with E-state index in [1.165, 1.54) is 22.1 Å². The summed E-state index contributed by atoms with van der Waals surface area (Å²) in [6, 6.07) is 3.28. The van der Waals surface area contributed by atoms with E-state index in [-0.39, 0.29) is 17.4 Å². The average molecular weight is 453 g/mol. The highest BCUT2D eigenvalue weighted by atomic mass is 32.1. The van der Waals surface area contributed by atoms with Gasteiger partial charge in [-0.1, -0.05) is 0 Å². The number of hydrogen-bond donors (Lipinski definition) is 1. The molecule has 1 unspecified atom stereocenters. The Morgan fingerprint density at radius 1 is 1.23 bits per heavy atom. The van der Waals surface area contributed by atoms with E-state index in [1.807, 2.05) is 6.92 Å². The number of piperidine rings is 1. The molecule has 0 radical (unpaired) electrons. The van der Waals surface area contributed by atoms with E-state index in [0.29, 0.717) is 17.8 Å². The first-order valence-corrected chi connectivity index (χ1v) is 11.0. The minimum Gasteiger partial charge on any atom is -0.477 e. The summed E-state index contributed by atoms with van der Waals surface area (Å²) in [5.74, 6) is 2.07. The fourth-order valence-corrected chi connectivity index (χ4v) is 5.16. The quantitative estimate of drug-likeness (QED) is 0.633. The van der Waals surface area contributed by atoms with Gasteiger partial charge in [-0.15, -0.1) is 5.10 Å². The van der Waals surface area contributed by atoms with Crippen molar-refractivity contribution in [1.82, 2.24) is 24.0 Å². The molecule has 12 heteroatoms. The first-order valence-electron chi connectivity index (χ1n) is 10.2. The summed E-state index contributed by atoms with van der Waals surface area (Å²) < 4.78 is 49.6. The maximum atomic E-state index is 12.9. The van der Waals surface area contributed by atoms with E-state index in [4.69, 9.17) is 4.74 Å². The monoisotopic (exact) mass is 453 g/mol. The summed E-state index contributed by atoms with van der Waals surface area (Å²) in [5, 5.41) is 8.81. The molecule has 3 aromatic rings. The number of aryl methyl sites for hydroxylation is 1. The predicted octanol–water partition coefficient (Wildman–Crippen LogP) is 3.55. The van der Waals surface area contributed by atoms with Crippen LogP contribution < -0.4 is 15.0 Å². The van der Waals surface area contributed by atoms with Crippen molar-refractivity contribution in [3.8, 4) is 5.75 Å². The number of nitrogens with one attached hydrogen (secondary N) is 1. The first-order chi connectivity index (χ1) is 14.8. The fourth-order valence-electron chi connectivity index (χ4n) is 4.47. The molecule has 5 rings (SSSR count). The number of rotatable bonds is 5. The highest BCUT2D eigenvalue weighted by Gasteiger charge is 2.43. The topological polar surface area (TPSA) is 80.5 Å². The van der Waals surface area contributed by atoms with Crippen molar-refractivity contribution in [2.75, 3.05) is 23.3 Å². The molecule has 3 aromatic heterocycles. The van der Waals surface area contributed by atoms with E-state index in [0.717, 1.165) is 43.8 Å². The lowest BCUT2D eigenvalue weighted by Gasteiger charge is -2.37. The normalized spacial score (nSPS) is 24.5. The van der Waals surface area contributed by atoms with Crippen LogP contribution in [0.25, 0.3) is 5.65 Å². The van der Waals surface area contributed by atoms with Crippen LogP contribution in [0.4, 0.5) is 24.3 Å². The van der Waals surface area contributed by atoms with E-state index in [9.17, 15) is 13.2 Å². The summed E-state index contributed by atoms with van der Waals surface area (Å²) in [6.07, 6.45) is -2.54. The van der Waals surface area contributed by atoms with E-state index >= 15 is 0 Å². The van der Waals surface area contributed by atoms with Gasteiger partial charge in [-0.2, -0.15) is 22.5 Å². The van der Waals surface area contributed by atoms with Crippen LogP contribution in [0, 0.1) is 18.8 Å². The number of aromatic nitrogens is 5. The fraction of sp³-hybridized carbons (Fsp3) is 0.579. The lowest BCUT2D eigenvalue weighted by Crippen LogP contribution is -2.48. The SMILES string of the molecule is Cc1nsc(N2C[C@H]3CC[C@@H](C2)C3Nc2nc3c(O[C@H](C)C(F)(F)F)cccn3n2)n1. The zero-order chi connectivity index (χ0) is 21.8. The first kappa shape index (κ1) is 20.3. The minimum atomic E-state index is -4.45. The third-order valence-corrected chi connectivity index (χ3v) is 6.88. The number of pyridine rings is 1. The Labute approximate surface area is 180 Å². The summed E-state index contributed by atoms with van der Waals surface area (Å²) in [6.45, 7) is 4.64. The molecule has 8 nitrogen and oxygen atoms in total. The third kappa shape index (κ3) is 3.88. The number of anilines is 2. The number of alkyl halides is 3. The molecule has 0 aromatic carbocycles. The zero-order valence-electron chi connectivity index (χ0n) is 17.0. The van der Waals surface area contributed by atoms with Gasteiger partial charge in [0.2, 0.25) is 11.1 Å². The molecule has 0 amide bonds. The van der Waals surface area contributed by atoms with Gasteiger partial charge in [0.15, 0.2) is 17.5 Å². The Morgan fingerprint density at radius 3 is 2.61 bits per heavy atom. The van der Waals surface area contributed by atoms with Gasteiger partial charge in [-0.25, -0.2) is 9.50 Å². The van der Waals surface area contributed by atoms with Gasteiger partial charge in [0, 0.05) is 36.9 Å². The number of fused-ring (bicyclic) bond motifs is 3. The van der Waals surface area contributed by atoms with Crippen LogP contribution in [0.2, 0.25) is 0 Å². The molecule has 2 bridgehead atoms. The highest BCUT2D eigenvalue weighted by molar-refractivity contribution is 7.09. The molecule has 4 heterocycles. The van der Waals surface area contributed by atoms with Gasteiger partial charge in [-0.3, -0.25) is 0 Å². The summed E-state index contributed by atoms with van der Waals surface area (Å²) in [7, 11) is 0. The lowest BCUT2D eigenvalue weighted by atomic mass is 9.92. The predicted molar refractivity (Wildman–Crippen MR) is 110 cm³/mol. The van der Waals surface area contributed by atoms with Crippen LogP contribution in [0.15, 0.2) is 18.3 Å². The van der Waals surface area contributed by atoms with Crippen LogP contribution in [-0.2, 0) is 0 Å². The van der Waals surface area contributed by atoms with Gasteiger partial charge < -0.3 is 15.0 Å². The number of hydrogen-bond acceptors (Lipinski definition) is 8. The van der Waals surface area contributed by atoms with Crippen molar-refractivity contribution < 1.29 is 17.9 Å². The molecule has 1 N–H and O–H groups in total. The smallest absolute Gasteiger partial charge is 0.425 e. The Bertz CT molecular complexity index is 1070. The summed E-state index contributed by atoms with van der Waals surface area (Å²) >= 11 is 1.43. The van der Waals surface area contributed by atoms with Gasteiger partial charge in [0.05, 0.1) is 0 Å². The van der Waals surface area contributed by atoms with Crippen molar-refractivity contribution in [1.29, 1.82) is 0 Å². The molecule has 31 heavy (non-hydrogen) atoms. The summed E-state index contributed by atoms with van der Waals surface area (Å²) in [4.78, 5) is 11.2. The van der Waals surface area contributed by atoms with E-state index in [1.54, 1.807) is 12.3 Å². The van der Waals surface area contributed by atoms with Crippen molar-refractivity contribution in [3.05, 3.63) is 24.2 Å². The maximum Gasteiger partial charge on any atom is 0.425 e. The molecule has 4 atom stereocenters. The molecule has 1 saturated carbocycles. The zero-order valence-corrected chi connectivity index (χ0v) is 17.8. The Balaban J connectivity index is 1.33. The van der Waals surface area contributed by atoms with Gasteiger partial charge in [0.25, 0.3) is 0 Å². The minimum absolute atomic E-state index is 0.0531. The summed E-state index contributed by atoms with van der Waals surface area (Å²) in [5.41, 5.74) is 0.259.